The lowest BCUT2D eigenvalue weighted by Gasteiger charge is -2.28. The van der Waals surface area contributed by atoms with Crippen molar-refractivity contribution in [3.05, 3.63) is 58.7 Å². The first-order valence-electron chi connectivity index (χ1n) is 9.07. The SMILES string of the molecule is CC(C)CCC(=O)N([C@@H](CC=Cc1ccccc1)C(=O)O)n1c(O)c[nH]c1=O. The Bertz CT molecular complexity index is 883. The van der Waals surface area contributed by atoms with Crippen molar-refractivity contribution in [2.75, 3.05) is 5.01 Å². The minimum absolute atomic E-state index is 0.0330. The molecule has 0 aliphatic heterocycles. The summed E-state index contributed by atoms with van der Waals surface area (Å²) in [6.45, 7) is 3.88. The second-order valence-electron chi connectivity index (χ2n) is 6.84. The molecule has 2 rings (SSSR count). The zero-order chi connectivity index (χ0) is 20.7. The Morgan fingerprint density at radius 2 is 1.93 bits per heavy atom. The highest BCUT2D eigenvalue weighted by molar-refractivity contribution is 5.93. The van der Waals surface area contributed by atoms with Gasteiger partial charge in [-0.15, -0.1) is 0 Å². The number of benzene rings is 1. The van der Waals surface area contributed by atoms with Crippen LogP contribution in [0.2, 0.25) is 0 Å². The minimum atomic E-state index is -1.35. The van der Waals surface area contributed by atoms with Gasteiger partial charge in [-0.2, -0.15) is 4.68 Å². The van der Waals surface area contributed by atoms with Gasteiger partial charge in [0.1, 0.15) is 0 Å². The molecule has 0 unspecified atom stereocenters. The van der Waals surface area contributed by atoms with E-state index in [1.54, 1.807) is 12.2 Å². The molecule has 0 spiro atoms. The summed E-state index contributed by atoms with van der Waals surface area (Å²) in [4.78, 5) is 39.0. The van der Waals surface area contributed by atoms with E-state index in [-0.39, 0.29) is 18.8 Å². The number of carbonyl (C=O) groups is 2. The second kappa shape index (κ2) is 9.59. The first kappa shape index (κ1) is 21.0. The fourth-order valence-corrected chi connectivity index (χ4v) is 2.71. The second-order valence-corrected chi connectivity index (χ2v) is 6.84. The third kappa shape index (κ3) is 5.35. The zero-order valence-corrected chi connectivity index (χ0v) is 15.9. The van der Waals surface area contributed by atoms with Crippen LogP contribution in [0.1, 0.15) is 38.7 Å². The number of carboxylic acid groups (broad SMARTS) is 1. The molecule has 1 aromatic heterocycles. The van der Waals surface area contributed by atoms with Gasteiger partial charge in [-0.3, -0.25) is 4.79 Å². The van der Waals surface area contributed by atoms with E-state index < -0.39 is 29.5 Å². The van der Waals surface area contributed by atoms with Crippen LogP contribution in [0.15, 0.2) is 47.4 Å². The highest BCUT2D eigenvalue weighted by Gasteiger charge is 2.33. The number of aromatic hydroxyl groups is 1. The third-order valence-corrected chi connectivity index (χ3v) is 4.19. The van der Waals surface area contributed by atoms with Gasteiger partial charge in [-0.05, 0) is 24.3 Å². The van der Waals surface area contributed by atoms with Gasteiger partial charge in [0.15, 0.2) is 6.04 Å². The number of imidazole rings is 1. The van der Waals surface area contributed by atoms with Crippen LogP contribution in [-0.2, 0) is 9.59 Å². The molecule has 1 aromatic carbocycles. The van der Waals surface area contributed by atoms with Crippen molar-refractivity contribution < 1.29 is 19.8 Å². The van der Waals surface area contributed by atoms with Crippen LogP contribution in [-0.4, -0.2) is 37.8 Å². The lowest BCUT2D eigenvalue weighted by atomic mass is 10.1. The summed E-state index contributed by atoms with van der Waals surface area (Å²) in [5, 5.41) is 20.5. The molecule has 0 radical (unpaired) electrons. The Morgan fingerprint density at radius 3 is 2.46 bits per heavy atom. The maximum atomic E-state index is 12.8. The topological polar surface area (TPSA) is 116 Å². The maximum Gasteiger partial charge on any atom is 0.347 e. The molecule has 1 amide bonds. The fraction of sp³-hybridized carbons (Fsp3) is 0.350. The number of aliphatic carboxylic acids is 1. The predicted molar refractivity (Wildman–Crippen MR) is 106 cm³/mol. The van der Waals surface area contributed by atoms with Crippen molar-refractivity contribution in [1.82, 2.24) is 9.66 Å². The molecule has 150 valence electrons. The number of hydrogen-bond acceptors (Lipinski definition) is 4. The standard InChI is InChI=1S/C20H25N3O5/c1-14(2)11-12-17(24)22(23-18(25)13-21-20(23)28)16(19(26)27)10-6-9-15-7-4-3-5-8-15/h3-9,13-14,16,25H,10-12H2,1-2H3,(H,21,28)(H,26,27)/t16-/m0/s1. The Morgan fingerprint density at radius 1 is 1.25 bits per heavy atom. The van der Waals surface area contributed by atoms with E-state index in [1.807, 2.05) is 44.2 Å². The molecule has 0 aliphatic rings. The first-order valence-corrected chi connectivity index (χ1v) is 9.07. The average Bonchev–Trinajstić information content (AvgIpc) is 2.98. The maximum absolute atomic E-state index is 12.8. The van der Waals surface area contributed by atoms with E-state index in [2.05, 4.69) is 4.98 Å². The number of amides is 1. The molecule has 0 fully saturated rings. The van der Waals surface area contributed by atoms with Crippen molar-refractivity contribution in [2.24, 2.45) is 5.92 Å². The van der Waals surface area contributed by atoms with Crippen LogP contribution in [0.3, 0.4) is 0 Å². The van der Waals surface area contributed by atoms with Crippen molar-refractivity contribution in [2.45, 2.75) is 39.2 Å². The highest BCUT2D eigenvalue weighted by Crippen LogP contribution is 2.15. The Labute approximate surface area is 162 Å². The molecule has 1 atom stereocenters. The Hall–Kier alpha value is -3.29. The van der Waals surface area contributed by atoms with Crippen LogP contribution >= 0.6 is 0 Å². The van der Waals surface area contributed by atoms with E-state index >= 15 is 0 Å². The van der Waals surface area contributed by atoms with E-state index in [1.165, 1.54) is 0 Å². The van der Waals surface area contributed by atoms with Gasteiger partial charge < -0.3 is 15.2 Å². The molecule has 0 saturated heterocycles. The van der Waals surface area contributed by atoms with Crippen molar-refractivity contribution in [1.29, 1.82) is 0 Å². The van der Waals surface area contributed by atoms with Crippen molar-refractivity contribution >= 4 is 18.0 Å². The van der Waals surface area contributed by atoms with Gasteiger partial charge in [-0.1, -0.05) is 56.3 Å². The summed E-state index contributed by atoms with van der Waals surface area (Å²) >= 11 is 0. The number of rotatable bonds is 9. The van der Waals surface area contributed by atoms with Crippen molar-refractivity contribution in [3.8, 4) is 5.88 Å². The third-order valence-electron chi connectivity index (χ3n) is 4.19. The average molecular weight is 387 g/mol. The fourth-order valence-electron chi connectivity index (χ4n) is 2.71. The van der Waals surface area contributed by atoms with E-state index in [4.69, 9.17) is 0 Å². The minimum Gasteiger partial charge on any atom is -0.492 e. The molecule has 8 nitrogen and oxygen atoms in total. The van der Waals surface area contributed by atoms with Crippen LogP contribution in [0.4, 0.5) is 0 Å². The largest absolute Gasteiger partial charge is 0.492 e. The number of hydrogen-bond donors (Lipinski definition) is 3. The van der Waals surface area contributed by atoms with Gasteiger partial charge in [-0.25, -0.2) is 14.6 Å². The lowest BCUT2D eigenvalue weighted by molar-refractivity contribution is -0.141. The summed E-state index contributed by atoms with van der Waals surface area (Å²) in [5.74, 6) is -2.13. The van der Waals surface area contributed by atoms with E-state index in [0.29, 0.717) is 11.1 Å². The summed E-state index contributed by atoms with van der Waals surface area (Å²) in [6.07, 6.45) is 4.94. The molecule has 0 saturated carbocycles. The van der Waals surface area contributed by atoms with Crippen LogP contribution < -0.4 is 10.7 Å². The molecule has 2 aromatic rings. The van der Waals surface area contributed by atoms with Crippen LogP contribution in [0.5, 0.6) is 5.88 Å². The van der Waals surface area contributed by atoms with Crippen molar-refractivity contribution in [3.63, 3.8) is 0 Å². The van der Waals surface area contributed by atoms with Gasteiger partial charge in [0, 0.05) is 6.42 Å². The van der Waals surface area contributed by atoms with Gasteiger partial charge in [0.05, 0.1) is 6.20 Å². The highest BCUT2D eigenvalue weighted by atomic mass is 16.4. The van der Waals surface area contributed by atoms with Crippen LogP contribution in [0, 0.1) is 5.92 Å². The zero-order valence-electron chi connectivity index (χ0n) is 15.9. The lowest BCUT2D eigenvalue weighted by Crippen LogP contribution is -2.54. The normalized spacial score (nSPS) is 12.4. The molecular weight excluding hydrogens is 362 g/mol. The summed E-state index contributed by atoms with van der Waals surface area (Å²) < 4.78 is 0.678. The molecule has 28 heavy (non-hydrogen) atoms. The number of aromatic nitrogens is 2. The summed E-state index contributed by atoms with van der Waals surface area (Å²) in [5.41, 5.74) is 0.0969. The Kier molecular flexibility index (Phi) is 7.20. The van der Waals surface area contributed by atoms with Gasteiger partial charge in [0.25, 0.3) is 0 Å². The monoisotopic (exact) mass is 387 g/mol. The predicted octanol–water partition coefficient (Wildman–Crippen LogP) is 2.34. The molecule has 1 heterocycles. The Balaban J connectivity index is 2.34. The number of aromatic amines is 1. The smallest absolute Gasteiger partial charge is 0.347 e. The summed E-state index contributed by atoms with van der Waals surface area (Å²) in [6, 6.07) is 7.95. The number of carbonyl (C=O) groups excluding carboxylic acids is 1. The number of carboxylic acids is 1. The quantitative estimate of drug-likeness (QED) is 0.611. The summed E-state index contributed by atoms with van der Waals surface area (Å²) in [7, 11) is 0. The number of nitrogens with one attached hydrogen (secondary N) is 1. The number of nitrogens with zero attached hydrogens (tertiary/aromatic N) is 2. The van der Waals surface area contributed by atoms with Gasteiger partial charge >= 0.3 is 11.7 Å². The molecule has 8 heteroatoms. The van der Waals surface area contributed by atoms with E-state index in [0.717, 1.165) is 16.8 Å². The number of H-pyrrole nitrogens is 1. The first-order chi connectivity index (χ1) is 13.3. The molecule has 0 aliphatic carbocycles. The van der Waals surface area contributed by atoms with E-state index in [9.17, 15) is 24.6 Å². The van der Waals surface area contributed by atoms with Crippen LogP contribution in [0.25, 0.3) is 6.08 Å². The molecule has 3 N–H and O–H groups in total. The molecule has 0 bridgehead atoms. The molecular formula is C20H25N3O5. The van der Waals surface area contributed by atoms with Gasteiger partial charge in [0.2, 0.25) is 11.8 Å².